The Bertz CT molecular complexity index is 1380. The molecule has 35 heavy (non-hydrogen) atoms. The van der Waals surface area contributed by atoms with Crippen LogP contribution in [0, 0.1) is 5.41 Å². The van der Waals surface area contributed by atoms with Crippen molar-refractivity contribution in [2.75, 3.05) is 36.0 Å². The Hall–Kier alpha value is -3.08. The number of benzene rings is 1. The summed E-state index contributed by atoms with van der Waals surface area (Å²) in [6.07, 6.45) is 6.85. The van der Waals surface area contributed by atoms with Crippen LogP contribution >= 0.6 is 11.3 Å². The first kappa shape index (κ1) is 21.2. The predicted octanol–water partition coefficient (Wildman–Crippen LogP) is 3.50. The minimum atomic E-state index is 0.0925. The number of ether oxygens (including phenoxy) is 1. The lowest BCUT2D eigenvalue weighted by Gasteiger charge is -2.41. The molecule has 9 nitrogen and oxygen atoms in total. The monoisotopic (exact) mass is 488 g/mol. The fraction of sp³-hybridized carbons (Fsp3) is 0.440. The Morgan fingerprint density at radius 1 is 1.20 bits per heavy atom. The maximum absolute atomic E-state index is 6.49. The molecule has 10 heteroatoms. The number of rotatable bonds is 3. The summed E-state index contributed by atoms with van der Waals surface area (Å²) in [6.45, 7) is 5.52. The normalized spacial score (nSPS) is 23.5. The molecule has 1 spiro atoms. The largest absolute Gasteiger partial charge is 0.376 e. The number of hydrogen-bond donors (Lipinski definition) is 2. The van der Waals surface area contributed by atoms with Gasteiger partial charge >= 0.3 is 0 Å². The summed E-state index contributed by atoms with van der Waals surface area (Å²) in [4.78, 5) is 18.8. The Balaban J connectivity index is 1.15. The molecule has 2 atom stereocenters. The summed E-state index contributed by atoms with van der Waals surface area (Å²) in [7, 11) is 0. The van der Waals surface area contributed by atoms with Crippen molar-refractivity contribution >= 4 is 39.8 Å². The van der Waals surface area contributed by atoms with E-state index in [1.807, 2.05) is 17.8 Å². The molecule has 3 aliphatic rings. The van der Waals surface area contributed by atoms with E-state index in [9.17, 15) is 0 Å². The Morgan fingerprint density at radius 2 is 2.09 bits per heavy atom. The lowest BCUT2D eigenvalue weighted by Crippen LogP contribution is -2.50. The molecule has 0 aliphatic carbocycles. The molecule has 0 saturated carbocycles. The van der Waals surface area contributed by atoms with Gasteiger partial charge in [-0.1, -0.05) is 12.1 Å². The lowest BCUT2D eigenvalue weighted by atomic mass is 9.73. The van der Waals surface area contributed by atoms with Crippen LogP contribution in [0.4, 0.5) is 17.3 Å². The van der Waals surface area contributed by atoms with E-state index in [-0.39, 0.29) is 17.6 Å². The van der Waals surface area contributed by atoms with Crippen molar-refractivity contribution in [1.82, 2.24) is 25.1 Å². The molecule has 2 fully saturated rings. The van der Waals surface area contributed by atoms with E-state index in [1.165, 1.54) is 16.8 Å². The molecular formula is C25H28N8OS. The highest BCUT2D eigenvalue weighted by Gasteiger charge is 2.47. The zero-order valence-corrected chi connectivity index (χ0v) is 20.5. The average Bonchev–Trinajstić information content (AvgIpc) is 3.69. The first-order chi connectivity index (χ1) is 17.1. The molecule has 0 amide bonds. The Kier molecular flexibility index (Phi) is 4.83. The highest BCUT2D eigenvalue weighted by Crippen LogP contribution is 2.43. The standard InChI is InChI=1S/C25H28N8OS/c1-15-21(26)25(14-34-15)6-10-32(11-7-25)19-13-28-20-22(29-19)30-31-23(20)33-9-5-16-17(3-2-4-18(16)33)24-27-8-12-35-24/h2-4,8,12-13,15,21H,5-7,9-11,14,26H2,1H3,(H,29,30,31)/t15-,21+/m0/s1. The highest BCUT2D eigenvalue weighted by molar-refractivity contribution is 7.13. The Labute approximate surface area is 207 Å². The number of aromatic nitrogens is 5. The quantitative estimate of drug-likeness (QED) is 0.451. The average molecular weight is 489 g/mol. The second kappa shape index (κ2) is 7.97. The number of nitrogens with one attached hydrogen (secondary N) is 1. The fourth-order valence-electron chi connectivity index (χ4n) is 5.99. The number of H-pyrrole nitrogens is 1. The van der Waals surface area contributed by atoms with Gasteiger partial charge in [0.05, 0.1) is 18.9 Å². The molecule has 1 aromatic carbocycles. The minimum Gasteiger partial charge on any atom is -0.376 e. The SMILES string of the molecule is C[C@@H]1OCC2(CCN(c3cnc4c(N5CCc6c(-c7nccs7)cccc65)n[nH]c4n3)CC2)[C@@H]1N. The number of piperidine rings is 1. The van der Waals surface area contributed by atoms with Crippen LogP contribution in [-0.4, -0.2) is 63.5 Å². The number of anilines is 3. The van der Waals surface area contributed by atoms with Crippen molar-refractivity contribution < 1.29 is 4.74 Å². The number of fused-ring (bicyclic) bond motifs is 2. The molecule has 0 bridgehead atoms. The van der Waals surface area contributed by atoms with Gasteiger partial charge in [-0.2, -0.15) is 5.10 Å². The highest BCUT2D eigenvalue weighted by atomic mass is 32.1. The molecule has 180 valence electrons. The topological polar surface area (TPSA) is 109 Å². The second-order valence-corrected chi connectivity index (χ2v) is 10.8. The number of hydrogen-bond acceptors (Lipinski definition) is 9. The van der Waals surface area contributed by atoms with E-state index in [0.717, 1.165) is 73.3 Å². The van der Waals surface area contributed by atoms with Gasteiger partial charge in [-0.15, -0.1) is 11.3 Å². The van der Waals surface area contributed by atoms with E-state index < -0.39 is 0 Å². The second-order valence-electron chi connectivity index (χ2n) is 9.91. The third kappa shape index (κ3) is 3.27. The van der Waals surface area contributed by atoms with Crippen LogP contribution in [0.1, 0.15) is 25.3 Å². The van der Waals surface area contributed by atoms with E-state index >= 15 is 0 Å². The van der Waals surface area contributed by atoms with Gasteiger partial charge in [-0.05, 0) is 37.8 Å². The summed E-state index contributed by atoms with van der Waals surface area (Å²) >= 11 is 1.67. The zero-order valence-electron chi connectivity index (χ0n) is 19.6. The van der Waals surface area contributed by atoms with Crippen molar-refractivity contribution in [3.05, 3.63) is 41.5 Å². The summed E-state index contributed by atoms with van der Waals surface area (Å²) in [5, 5.41) is 10.9. The van der Waals surface area contributed by atoms with Crippen LogP contribution in [0.15, 0.2) is 36.0 Å². The van der Waals surface area contributed by atoms with Crippen molar-refractivity contribution in [2.45, 2.75) is 38.3 Å². The van der Waals surface area contributed by atoms with Gasteiger partial charge in [0.1, 0.15) is 10.8 Å². The van der Waals surface area contributed by atoms with Crippen LogP contribution in [-0.2, 0) is 11.2 Å². The fourth-order valence-corrected chi connectivity index (χ4v) is 6.68. The van der Waals surface area contributed by atoms with Crippen molar-refractivity contribution in [1.29, 1.82) is 0 Å². The molecular weight excluding hydrogens is 460 g/mol. The lowest BCUT2D eigenvalue weighted by molar-refractivity contribution is 0.0974. The first-order valence-electron chi connectivity index (χ1n) is 12.3. The third-order valence-electron chi connectivity index (χ3n) is 8.11. The molecule has 0 radical (unpaired) electrons. The van der Waals surface area contributed by atoms with Crippen molar-refractivity contribution in [3.63, 3.8) is 0 Å². The van der Waals surface area contributed by atoms with E-state index in [4.69, 9.17) is 20.4 Å². The maximum atomic E-state index is 6.49. The smallest absolute Gasteiger partial charge is 0.183 e. The summed E-state index contributed by atoms with van der Waals surface area (Å²) < 4.78 is 5.87. The van der Waals surface area contributed by atoms with E-state index in [2.05, 4.69) is 50.1 Å². The molecule has 3 aliphatic heterocycles. The molecule has 6 heterocycles. The predicted molar refractivity (Wildman–Crippen MR) is 137 cm³/mol. The van der Waals surface area contributed by atoms with Gasteiger partial charge in [0, 0.05) is 53.9 Å². The summed E-state index contributed by atoms with van der Waals surface area (Å²) in [6, 6.07) is 6.51. The minimum absolute atomic E-state index is 0.0925. The number of thiazole rings is 1. The van der Waals surface area contributed by atoms with Gasteiger partial charge in [0.15, 0.2) is 17.0 Å². The van der Waals surface area contributed by atoms with Crippen molar-refractivity contribution in [2.24, 2.45) is 11.1 Å². The number of aromatic amines is 1. The van der Waals surface area contributed by atoms with Crippen molar-refractivity contribution in [3.8, 4) is 10.6 Å². The van der Waals surface area contributed by atoms with Gasteiger partial charge in [0.2, 0.25) is 0 Å². The van der Waals surface area contributed by atoms with Gasteiger partial charge in [-0.25, -0.2) is 15.0 Å². The molecule has 4 aromatic rings. The number of nitrogens with two attached hydrogens (primary N) is 1. The van der Waals surface area contributed by atoms with Gasteiger partial charge in [-0.3, -0.25) is 5.10 Å². The number of nitrogens with zero attached hydrogens (tertiary/aromatic N) is 6. The Morgan fingerprint density at radius 3 is 2.86 bits per heavy atom. The molecule has 2 saturated heterocycles. The van der Waals surface area contributed by atoms with Crippen LogP contribution in [0.25, 0.3) is 21.7 Å². The molecule has 0 unspecified atom stereocenters. The van der Waals surface area contributed by atoms with Gasteiger partial charge in [0.25, 0.3) is 0 Å². The summed E-state index contributed by atoms with van der Waals surface area (Å²) in [5.41, 5.74) is 11.8. The van der Waals surface area contributed by atoms with Crippen LogP contribution < -0.4 is 15.5 Å². The maximum Gasteiger partial charge on any atom is 0.183 e. The van der Waals surface area contributed by atoms with E-state index in [1.54, 1.807) is 11.3 Å². The first-order valence-corrected chi connectivity index (χ1v) is 13.1. The molecule has 3 N–H and O–H groups in total. The molecule has 7 rings (SSSR count). The third-order valence-corrected chi connectivity index (χ3v) is 8.92. The van der Waals surface area contributed by atoms with Crippen LogP contribution in [0.2, 0.25) is 0 Å². The van der Waals surface area contributed by atoms with Gasteiger partial charge < -0.3 is 20.3 Å². The molecule has 3 aromatic heterocycles. The summed E-state index contributed by atoms with van der Waals surface area (Å²) in [5.74, 6) is 1.71. The van der Waals surface area contributed by atoms with Crippen LogP contribution in [0.3, 0.4) is 0 Å². The van der Waals surface area contributed by atoms with Crippen LogP contribution in [0.5, 0.6) is 0 Å². The zero-order chi connectivity index (χ0) is 23.6. The van der Waals surface area contributed by atoms with E-state index in [0.29, 0.717) is 0 Å².